The predicted octanol–water partition coefficient (Wildman–Crippen LogP) is 3.39. The number of rotatable bonds is 6. The molecule has 0 bridgehead atoms. The van der Waals surface area contributed by atoms with Crippen LogP contribution in [0.5, 0.6) is 0 Å². The molecule has 2 aromatic rings. The van der Waals surface area contributed by atoms with E-state index in [2.05, 4.69) is 50.4 Å². The van der Waals surface area contributed by atoms with Crippen LogP contribution in [0.2, 0.25) is 0 Å². The van der Waals surface area contributed by atoms with Gasteiger partial charge in [-0.3, -0.25) is 0 Å². The second-order valence-electron chi connectivity index (χ2n) is 4.98. The first-order valence-electron chi connectivity index (χ1n) is 6.84. The van der Waals surface area contributed by atoms with E-state index in [0.717, 1.165) is 17.2 Å². The van der Waals surface area contributed by atoms with Gasteiger partial charge < -0.3 is 10.1 Å². The quantitative estimate of drug-likeness (QED) is 0.828. The molecule has 1 aromatic carbocycles. The Morgan fingerprint density at radius 2 is 1.90 bits per heavy atom. The van der Waals surface area contributed by atoms with Crippen LogP contribution in [-0.4, -0.2) is 25.2 Å². The molecule has 0 amide bonds. The molecule has 0 radical (unpaired) electrons. The van der Waals surface area contributed by atoms with E-state index in [0.29, 0.717) is 6.61 Å². The van der Waals surface area contributed by atoms with Crippen LogP contribution in [0.15, 0.2) is 24.3 Å². The summed E-state index contributed by atoms with van der Waals surface area (Å²) in [5.74, 6) is 0. The van der Waals surface area contributed by atoms with Crippen LogP contribution in [0, 0.1) is 20.8 Å². The average Bonchev–Trinajstić information content (AvgIpc) is 2.76. The number of hydrogen-bond acceptors (Lipinski definition) is 4. The molecule has 3 nitrogen and oxygen atoms in total. The largest absolute Gasteiger partial charge is 0.383 e. The Morgan fingerprint density at radius 3 is 2.45 bits per heavy atom. The second-order valence-corrected chi connectivity index (χ2v) is 6.22. The molecule has 1 unspecified atom stereocenters. The molecule has 20 heavy (non-hydrogen) atoms. The molecule has 0 saturated heterocycles. The fourth-order valence-corrected chi connectivity index (χ4v) is 3.06. The summed E-state index contributed by atoms with van der Waals surface area (Å²) in [5.41, 5.74) is 3.65. The number of hydrogen-bond donors (Lipinski definition) is 1. The highest BCUT2D eigenvalue weighted by molar-refractivity contribution is 7.11. The van der Waals surface area contributed by atoms with Crippen molar-refractivity contribution in [2.24, 2.45) is 0 Å². The van der Waals surface area contributed by atoms with Gasteiger partial charge in [0.05, 0.1) is 18.3 Å². The van der Waals surface area contributed by atoms with E-state index in [9.17, 15) is 0 Å². The minimum absolute atomic E-state index is 0.142. The second kappa shape index (κ2) is 6.97. The summed E-state index contributed by atoms with van der Waals surface area (Å²) in [4.78, 5) is 5.99. The lowest BCUT2D eigenvalue weighted by Crippen LogP contribution is -2.26. The first kappa shape index (κ1) is 15.2. The molecular weight excluding hydrogens is 268 g/mol. The lowest BCUT2D eigenvalue weighted by molar-refractivity contribution is 0.197. The van der Waals surface area contributed by atoms with E-state index in [1.54, 1.807) is 18.4 Å². The Morgan fingerprint density at radius 1 is 1.20 bits per heavy atom. The van der Waals surface area contributed by atoms with Crippen LogP contribution in [0.25, 0.3) is 0 Å². The molecule has 1 aromatic heterocycles. The topological polar surface area (TPSA) is 34.1 Å². The van der Waals surface area contributed by atoms with Gasteiger partial charge >= 0.3 is 0 Å². The molecule has 0 saturated carbocycles. The van der Waals surface area contributed by atoms with Crippen molar-refractivity contribution in [2.75, 3.05) is 20.3 Å². The summed E-state index contributed by atoms with van der Waals surface area (Å²) >= 11 is 1.77. The number of aryl methyl sites for hydroxylation is 3. The van der Waals surface area contributed by atoms with Crippen molar-refractivity contribution in [3.8, 4) is 0 Å². The Kier molecular flexibility index (Phi) is 5.29. The van der Waals surface area contributed by atoms with Crippen molar-refractivity contribution in [2.45, 2.75) is 26.8 Å². The number of thiazole rings is 1. The number of benzene rings is 1. The third kappa shape index (κ3) is 3.66. The third-order valence-corrected chi connectivity index (χ3v) is 4.50. The summed E-state index contributed by atoms with van der Waals surface area (Å²) in [6.07, 6.45) is 0. The van der Waals surface area contributed by atoms with Crippen LogP contribution < -0.4 is 5.32 Å². The lowest BCUT2D eigenvalue weighted by Gasteiger charge is -2.17. The summed E-state index contributed by atoms with van der Waals surface area (Å²) in [6, 6.07) is 8.78. The summed E-state index contributed by atoms with van der Waals surface area (Å²) in [7, 11) is 1.72. The maximum atomic E-state index is 5.13. The first-order valence-corrected chi connectivity index (χ1v) is 7.66. The highest BCUT2D eigenvalue weighted by Crippen LogP contribution is 2.28. The molecule has 0 aliphatic heterocycles. The number of nitrogens with one attached hydrogen (secondary N) is 1. The molecule has 1 atom stereocenters. The van der Waals surface area contributed by atoms with Gasteiger partial charge in [0.25, 0.3) is 0 Å². The van der Waals surface area contributed by atoms with E-state index < -0.39 is 0 Å². The minimum Gasteiger partial charge on any atom is -0.383 e. The maximum absolute atomic E-state index is 5.13. The molecule has 1 heterocycles. The van der Waals surface area contributed by atoms with Gasteiger partial charge in [-0.25, -0.2) is 4.98 Å². The van der Waals surface area contributed by atoms with Crippen LogP contribution in [0.1, 0.15) is 32.7 Å². The Labute approximate surface area is 125 Å². The summed E-state index contributed by atoms with van der Waals surface area (Å²) in [5, 5.41) is 4.66. The molecule has 4 heteroatoms. The normalized spacial score (nSPS) is 12.6. The highest BCUT2D eigenvalue weighted by atomic mass is 32.1. The van der Waals surface area contributed by atoms with E-state index in [4.69, 9.17) is 9.72 Å². The van der Waals surface area contributed by atoms with Gasteiger partial charge in [0.1, 0.15) is 5.01 Å². The van der Waals surface area contributed by atoms with Gasteiger partial charge in [-0.05, 0) is 26.3 Å². The minimum atomic E-state index is 0.142. The highest BCUT2D eigenvalue weighted by Gasteiger charge is 2.18. The zero-order chi connectivity index (χ0) is 14.5. The summed E-state index contributed by atoms with van der Waals surface area (Å²) < 4.78 is 5.13. The number of aromatic nitrogens is 1. The first-order chi connectivity index (χ1) is 9.61. The number of methoxy groups -OCH3 is 1. The zero-order valence-electron chi connectivity index (χ0n) is 12.6. The molecule has 0 fully saturated rings. The Balaban J connectivity index is 2.26. The van der Waals surface area contributed by atoms with Crippen LogP contribution in [0.4, 0.5) is 0 Å². The molecule has 2 rings (SSSR count). The molecular formula is C16H22N2OS. The van der Waals surface area contributed by atoms with E-state index in [-0.39, 0.29) is 6.04 Å². The molecule has 108 valence electrons. The van der Waals surface area contributed by atoms with Gasteiger partial charge in [0.15, 0.2) is 0 Å². The van der Waals surface area contributed by atoms with Crippen molar-refractivity contribution in [1.29, 1.82) is 0 Å². The molecule has 0 aliphatic carbocycles. The van der Waals surface area contributed by atoms with E-state index in [1.807, 2.05) is 0 Å². The fourth-order valence-electron chi connectivity index (χ4n) is 2.03. The van der Waals surface area contributed by atoms with Crippen molar-refractivity contribution in [1.82, 2.24) is 10.3 Å². The third-order valence-electron chi connectivity index (χ3n) is 3.36. The summed E-state index contributed by atoms with van der Waals surface area (Å²) in [6.45, 7) is 7.81. The van der Waals surface area contributed by atoms with Crippen molar-refractivity contribution < 1.29 is 4.74 Å². The van der Waals surface area contributed by atoms with Gasteiger partial charge in [-0.2, -0.15) is 0 Å². The van der Waals surface area contributed by atoms with E-state index in [1.165, 1.54) is 16.0 Å². The standard InChI is InChI=1S/C16H22N2OS/c1-11-5-7-14(8-6-11)15(17-9-10-19-4)16-18-12(2)13(3)20-16/h5-8,15,17H,9-10H2,1-4H3. The lowest BCUT2D eigenvalue weighted by atomic mass is 10.1. The predicted molar refractivity (Wildman–Crippen MR) is 84.5 cm³/mol. The maximum Gasteiger partial charge on any atom is 0.115 e. The number of nitrogens with zero attached hydrogens (tertiary/aromatic N) is 1. The van der Waals surface area contributed by atoms with Crippen molar-refractivity contribution >= 4 is 11.3 Å². The van der Waals surface area contributed by atoms with Crippen molar-refractivity contribution in [3.63, 3.8) is 0 Å². The van der Waals surface area contributed by atoms with Crippen molar-refractivity contribution in [3.05, 3.63) is 51.0 Å². The van der Waals surface area contributed by atoms with Crippen LogP contribution in [0.3, 0.4) is 0 Å². The van der Waals surface area contributed by atoms with Gasteiger partial charge in [-0.15, -0.1) is 11.3 Å². The molecule has 1 N–H and O–H groups in total. The van der Waals surface area contributed by atoms with Gasteiger partial charge in [-0.1, -0.05) is 29.8 Å². The Hall–Kier alpha value is -1.23. The fraction of sp³-hybridized carbons (Fsp3) is 0.438. The Bertz CT molecular complexity index is 529. The smallest absolute Gasteiger partial charge is 0.115 e. The molecule has 0 spiro atoms. The monoisotopic (exact) mass is 290 g/mol. The number of ether oxygens (including phenoxy) is 1. The van der Waals surface area contributed by atoms with Gasteiger partial charge in [0.2, 0.25) is 0 Å². The van der Waals surface area contributed by atoms with Crippen LogP contribution >= 0.6 is 11.3 Å². The molecule has 0 aliphatic rings. The van der Waals surface area contributed by atoms with Crippen LogP contribution in [-0.2, 0) is 4.74 Å². The van der Waals surface area contributed by atoms with Gasteiger partial charge in [0, 0.05) is 18.5 Å². The SMILES string of the molecule is COCCNC(c1ccc(C)cc1)c1nc(C)c(C)s1. The van der Waals surface area contributed by atoms with E-state index >= 15 is 0 Å². The average molecular weight is 290 g/mol. The zero-order valence-corrected chi connectivity index (χ0v) is 13.4.